The van der Waals surface area contributed by atoms with Crippen molar-refractivity contribution in [1.29, 1.82) is 0 Å². The molecule has 0 saturated carbocycles. The van der Waals surface area contributed by atoms with Crippen LogP contribution in [0.3, 0.4) is 0 Å². The number of ether oxygens (including phenoxy) is 1. The maximum atomic E-state index is 12.2. The van der Waals surface area contributed by atoms with E-state index < -0.39 is 49.0 Å². The van der Waals surface area contributed by atoms with Gasteiger partial charge in [-0.1, -0.05) is 18.2 Å². The van der Waals surface area contributed by atoms with E-state index in [-0.39, 0.29) is 0 Å². The van der Waals surface area contributed by atoms with E-state index in [1.54, 1.807) is 30.3 Å². The molecule has 5 N–H and O–H groups in total. The molecule has 0 aromatic heterocycles. The van der Waals surface area contributed by atoms with Crippen LogP contribution < -0.4 is 10.6 Å². The lowest BCUT2D eigenvalue weighted by Gasteiger charge is -2.42. The Bertz CT molecular complexity index is 552. The number of aliphatic hydroxyl groups is 3. The highest BCUT2D eigenvalue weighted by Gasteiger charge is 2.45. The Morgan fingerprint density at radius 2 is 1.78 bits per heavy atom. The van der Waals surface area contributed by atoms with Gasteiger partial charge in [0.05, 0.1) is 12.6 Å². The van der Waals surface area contributed by atoms with Gasteiger partial charge in [0.1, 0.15) is 18.2 Å². The van der Waals surface area contributed by atoms with Gasteiger partial charge in [-0.3, -0.25) is 9.59 Å². The van der Waals surface area contributed by atoms with E-state index in [9.17, 15) is 24.9 Å². The molecule has 1 heterocycles. The average molecular weight is 324 g/mol. The number of nitrogens with one attached hydrogen (secondary N) is 2. The van der Waals surface area contributed by atoms with Crippen molar-refractivity contribution in [2.75, 3.05) is 6.61 Å². The average Bonchev–Trinajstić information content (AvgIpc) is 2.54. The summed E-state index contributed by atoms with van der Waals surface area (Å²) in [7, 11) is 0. The summed E-state index contributed by atoms with van der Waals surface area (Å²) >= 11 is 0. The Morgan fingerprint density at radius 3 is 2.35 bits per heavy atom. The number of amides is 2. The Balaban J connectivity index is 2.16. The highest BCUT2D eigenvalue weighted by Crippen LogP contribution is 2.20. The second kappa shape index (κ2) is 7.51. The molecule has 5 atom stereocenters. The van der Waals surface area contributed by atoms with E-state index >= 15 is 0 Å². The first kappa shape index (κ1) is 17.4. The molecule has 1 saturated heterocycles. The van der Waals surface area contributed by atoms with Crippen LogP contribution in [0, 0.1) is 0 Å². The lowest BCUT2D eigenvalue weighted by Crippen LogP contribution is -2.68. The third-order valence-electron chi connectivity index (χ3n) is 3.64. The van der Waals surface area contributed by atoms with Gasteiger partial charge in [-0.25, -0.2) is 0 Å². The van der Waals surface area contributed by atoms with Gasteiger partial charge >= 0.3 is 0 Å². The highest BCUT2D eigenvalue weighted by molar-refractivity contribution is 5.94. The number of aliphatic hydroxyl groups excluding tert-OH is 3. The van der Waals surface area contributed by atoms with Gasteiger partial charge in [-0.15, -0.1) is 0 Å². The van der Waals surface area contributed by atoms with Crippen LogP contribution >= 0.6 is 0 Å². The van der Waals surface area contributed by atoms with Crippen LogP contribution in [-0.4, -0.2) is 64.3 Å². The smallest absolute Gasteiger partial charge is 0.251 e. The molecule has 0 bridgehead atoms. The van der Waals surface area contributed by atoms with Gasteiger partial charge in [-0.05, 0) is 12.1 Å². The summed E-state index contributed by atoms with van der Waals surface area (Å²) in [5.74, 6) is -0.929. The third kappa shape index (κ3) is 4.05. The van der Waals surface area contributed by atoms with Crippen molar-refractivity contribution in [3.63, 3.8) is 0 Å². The van der Waals surface area contributed by atoms with Gasteiger partial charge in [0.15, 0.2) is 6.29 Å². The van der Waals surface area contributed by atoms with Gasteiger partial charge in [-0.2, -0.15) is 0 Å². The Hall–Kier alpha value is -2.00. The fourth-order valence-corrected chi connectivity index (χ4v) is 2.51. The molecular weight excluding hydrogens is 304 g/mol. The fourth-order valence-electron chi connectivity index (χ4n) is 2.51. The monoisotopic (exact) mass is 324 g/mol. The third-order valence-corrected chi connectivity index (χ3v) is 3.64. The standard InChI is InChI=1S/C15H20N2O6/c1-8(19)16-12-13(20)11(10(7-18)23-15(12)22)17-14(21)9-5-3-2-4-6-9/h2-6,10-13,15,18,20,22H,7H2,1H3,(H,16,19)(H,17,21)/t10-,11+,12-,13+,15-/m1/s1. The molecule has 0 radical (unpaired) electrons. The number of benzene rings is 1. The molecule has 0 aliphatic carbocycles. The first-order valence-electron chi connectivity index (χ1n) is 7.19. The van der Waals surface area contributed by atoms with E-state index in [4.69, 9.17) is 4.74 Å². The maximum Gasteiger partial charge on any atom is 0.251 e. The molecule has 1 aromatic carbocycles. The Morgan fingerprint density at radius 1 is 1.13 bits per heavy atom. The van der Waals surface area contributed by atoms with Crippen molar-refractivity contribution < 1.29 is 29.6 Å². The van der Waals surface area contributed by atoms with Gasteiger partial charge in [0.2, 0.25) is 5.91 Å². The Labute approximate surface area is 133 Å². The fraction of sp³-hybridized carbons (Fsp3) is 0.467. The molecule has 1 aliphatic rings. The maximum absolute atomic E-state index is 12.2. The molecule has 2 rings (SSSR count). The van der Waals surface area contributed by atoms with Gasteiger partial charge < -0.3 is 30.7 Å². The van der Waals surface area contributed by atoms with Crippen molar-refractivity contribution in [3.8, 4) is 0 Å². The minimum Gasteiger partial charge on any atom is -0.394 e. The first-order valence-corrected chi connectivity index (χ1v) is 7.19. The van der Waals surface area contributed by atoms with Crippen LogP contribution in [0.15, 0.2) is 30.3 Å². The second-order valence-corrected chi connectivity index (χ2v) is 5.33. The van der Waals surface area contributed by atoms with Crippen LogP contribution in [0.1, 0.15) is 17.3 Å². The van der Waals surface area contributed by atoms with Crippen LogP contribution in [0.5, 0.6) is 0 Å². The summed E-state index contributed by atoms with van der Waals surface area (Å²) in [5, 5.41) is 34.5. The summed E-state index contributed by atoms with van der Waals surface area (Å²) in [6, 6.07) is 6.23. The minimum absolute atomic E-state index is 0.374. The number of rotatable bonds is 4. The zero-order valence-corrected chi connectivity index (χ0v) is 12.5. The normalized spacial score (nSPS) is 30.5. The number of carbonyl (C=O) groups is 2. The lowest BCUT2D eigenvalue weighted by molar-refractivity contribution is -0.224. The van der Waals surface area contributed by atoms with Crippen LogP contribution in [-0.2, 0) is 9.53 Å². The number of carbonyl (C=O) groups excluding carboxylic acids is 2. The van der Waals surface area contributed by atoms with Crippen molar-refractivity contribution >= 4 is 11.8 Å². The molecule has 1 aliphatic heterocycles. The van der Waals surface area contributed by atoms with Crippen molar-refractivity contribution in [1.82, 2.24) is 10.6 Å². The van der Waals surface area contributed by atoms with Crippen molar-refractivity contribution in [3.05, 3.63) is 35.9 Å². The molecule has 0 unspecified atom stereocenters. The highest BCUT2D eigenvalue weighted by atomic mass is 16.6. The van der Waals surface area contributed by atoms with Crippen LogP contribution in [0.25, 0.3) is 0 Å². The predicted octanol–water partition coefficient (Wildman–Crippen LogP) is -1.64. The number of hydrogen-bond acceptors (Lipinski definition) is 6. The molecule has 0 spiro atoms. The largest absolute Gasteiger partial charge is 0.394 e. The Kier molecular flexibility index (Phi) is 5.67. The molecular formula is C15H20N2O6. The second-order valence-electron chi connectivity index (χ2n) is 5.33. The van der Waals surface area contributed by atoms with Crippen LogP contribution in [0.4, 0.5) is 0 Å². The summed E-state index contributed by atoms with van der Waals surface area (Å²) in [4.78, 5) is 23.4. The first-order chi connectivity index (χ1) is 10.9. The molecule has 1 fully saturated rings. The zero-order valence-electron chi connectivity index (χ0n) is 12.5. The molecule has 126 valence electrons. The van der Waals surface area contributed by atoms with E-state index in [0.29, 0.717) is 5.56 Å². The van der Waals surface area contributed by atoms with Gasteiger partial charge in [0.25, 0.3) is 5.91 Å². The van der Waals surface area contributed by atoms with Crippen LogP contribution in [0.2, 0.25) is 0 Å². The van der Waals surface area contributed by atoms with Gasteiger partial charge in [0, 0.05) is 12.5 Å². The molecule has 23 heavy (non-hydrogen) atoms. The topological polar surface area (TPSA) is 128 Å². The quantitative estimate of drug-likeness (QED) is 0.452. The van der Waals surface area contributed by atoms with E-state index in [2.05, 4.69) is 10.6 Å². The van der Waals surface area contributed by atoms with Crippen molar-refractivity contribution in [2.24, 2.45) is 0 Å². The lowest BCUT2D eigenvalue weighted by atomic mass is 9.94. The summed E-state index contributed by atoms with van der Waals surface area (Å²) in [6.07, 6.45) is -3.82. The predicted molar refractivity (Wildman–Crippen MR) is 79.3 cm³/mol. The van der Waals surface area contributed by atoms with E-state index in [0.717, 1.165) is 0 Å². The van der Waals surface area contributed by atoms with Crippen molar-refractivity contribution in [2.45, 2.75) is 37.5 Å². The SMILES string of the molecule is CC(=O)N[C@@H]1[C@@H](O)[C@@H](NC(=O)c2ccccc2)[C@@H](CO)O[C@H]1O. The number of hydrogen-bond donors (Lipinski definition) is 5. The molecule has 1 aromatic rings. The van der Waals surface area contributed by atoms with E-state index in [1.807, 2.05) is 0 Å². The molecule has 2 amide bonds. The summed E-state index contributed by atoms with van der Waals surface area (Å²) in [5.41, 5.74) is 0.374. The summed E-state index contributed by atoms with van der Waals surface area (Å²) in [6.45, 7) is 0.718. The minimum atomic E-state index is -1.49. The zero-order chi connectivity index (χ0) is 17.0. The molecule has 8 nitrogen and oxygen atoms in total. The summed E-state index contributed by atoms with van der Waals surface area (Å²) < 4.78 is 5.18. The molecule has 8 heteroatoms. The van der Waals surface area contributed by atoms with E-state index in [1.165, 1.54) is 6.92 Å².